The van der Waals surface area contributed by atoms with Crippen molar-refractivity contribution in [3.63, 3.8) is 0 Å². The van der Waals surface area contributed by atoms with Crippen molar-refractivity contribution < 1.29 is 4.42 Å². The summed E-state index contributed by atoms with van der Waals surface area (Å²) in [7, 11) is 0. The fraction of sp³-hybridized carbons (Fsp3) is 0.500. The second kappa shape index (κ2) is 5.57. The predicted molar refractivity (Wildman–Crippen MR) is 77.1 cm³/mol. The summed E-state index contributed by atoms with van der Waals surface area (Å²) in [5.41, 5.74) is 4.92. The van der Waals surface area contributed by atoms with Gasteiger partial charge in [-0.3, -0.25) is 0 Å². The molecule has 0 bridgehead atoms. The van der Waals surface area contributed by atoms with Crippen molar-refractivity contribution in [2.24, 2.45) is 5.92 Å². The van der Waals surface area contributed by atoms with Crippen molar-refractivity contribution in [2.45, 2.75) is 34.1 Å². The van der Waals surface area contributed by atoms with Gasteiger partial charge in [0.1, 0.15) is 5.58 Å². The van der Waals surface area contributed by atoms with Crippen LogP contribution in [0.5, 0.6) is 0 Å². The first kappa shape index (κ1) is 13.2. The maximum Gasteiger partial charge on any atom is 0.134 e. The van der Waals surface area contributed by atoms with Gasteiger partial charge in [0, 0.05) is 5.39 Å². The lowest BCUT2D eigenvalue weighted by molar-refractivity contribution is 0.552. The second-order valence-corrected chi connectivity index (χ2v) is 5.56. The maximum atomic E-state index is 5.66. The molecule has 98 valence electrons. The Kier molecular flexibility index (Phi) is 4.07. The Morgan fingerprint density at radius 2 is 2.00 bits per heavy atom. The average Bonchev–Trinajstić information content (AvgIpc) is 2.67. The Morgan fingerprint density at radius 3 is 2.72 bits per heavy atom. The van der Waals surface area contributed by atoms with Crippen LogP contribution >= 0.6 is 0 Å². The van der Waals surface area contributed by atoms with E-state index in [-0.39, 0.29) is 0 Å². The van der Waals surface area contributed by atoms with Crippen molar-refractivity contribution in [2.75, 3.05) is 13.1 Å². The van der Waals surface area contributed by atoms with Crippen LogP contribution < -0.4 is 5.32 Å². The lowest BCUT2D eigenvalue weighted by Crippen LogP contribution is -2.22. The first-order valence-electron chi connectivity index (χ1n) is 6.76. The summed E-state index contributed by atoms with van der Waals surface area (Å²) in [4.78, 5) is 0. The summed E-state index contributed by atoms with van der Waals surface area (Å²) in [6.45, 7) is 10.8. The summed E-state index contributed by atoms with van der Waals surface area (Å²) < 4.78 is 5.66. The highest BCUT2D eigenvalue weighted by Gasteiger charge is 2.08. The SMILES string of the molecule is Cc1cc(C)c2c(CCNCC(C)C)coc2c1. The van der Waals surface area contributed by atoms with E-state index in [9.17, 15) is 0 Å². The van der Waals surface area contributed by atoms with Crippen LogP contribution in [0.15, 0.2) is 22.8 Å². The highest BCUT2D eigenvalue weighted by molar-refractivity contribution is 5.85. The van der Waals surface area contributed by atoms with Gasteiger partial charge >= 0.3 is 0 Å². The fourth-order valence-corrected chi connectivity index (χ4v) is 2.42. The minimum absolute atomic E-state index is 0.704. The molecule has 1 heterocycles. The normalized spacial score (nSPS) is 11.6. The van der Waals surface area contributed by atoms with E-state index in [1.54, 1.807) is 0 Å². The molecule has 1 aromatic carbocycles. The van der Waals surface area contributed by atoms with E-state index >= 15 is 0 Å². The number of hydrogen-bond acceptors (Lipinski definition) is 2. The van der Waals surface area contributed by atoms with Gasteiger partial charge in [0.15, 0.2) is 0 Å². The molecule has 1 aromatic heterocycles. The van der Waals surface area contributed by atoms with Crippen molar-refractivity contribution in [1.29, 1.82) is 0 Å². The van der Waals surface area contributed by atoms with Crippen LogP contribution in [0.2, 0.25) is 0 Å². The molecule has 2 aromatic rings. The molecule has 0 fully saturated rings. The Bertz CT molecular complexity index is 525. The van der Waals surface area contributed by atoms with Gasteiger partial charge in [-0.25, -0.2) is 0 Å². The Balaban J connectivity index is 2.10. The maximum absolute atomic E-state index is 5.66. The second-order valence-electron chi connectivity index (χ2n) is 5.56. The van der Waals surface area contributed by atoms with Crippen LogP contribution in [-0.4, -0.2) is 13.1 Å². The molecule has 2 rings (SSSR count). The zero-order valence-corrected chi connectivity index (χ0v) is 11.8. The van der Waals surface area contributed by atoms with Crippen molar-refractivity contribution in [3.8, 4) is 0 Å². The zero-order valence-electron chi connectivity index (χ0n) is 11.8. The highest BCUT2D eigenvalue weighted by atomic mass is 16.3. The number of fused-ring (bicyclic) bond motifs is 1. The van der Waals surface area contributed by atoms with Gasteiger partial charge in [0.25, 0.3) is 0 Å². The number of aryl methyl sites for hydroxylation is 2. The van der Waals surface area contributed by atoms with E-state index in [1.807, 2.05) is 6.26 Å². The minimum Gasteiger partial charge on any atom is -0.464 e. The molecule has 0 spiro atoms. The summed E-state index contributed by atoms with van der Waals surface area (Å²) in [6.07, 6.45) is 2.94. The van der Waals surface area contributed by atoms with E-state index < -0.39 is 0 Å². The molecule has 18 heavy (non-hydrogen) atoms. The number of hydrogen-bond donors (Lipinski definition) is 1. The standard InChI is InChI=1S/C16H23NO/c1-11(2)9-17-6-5-14-10-18-15-8-12(3)7-13(4)16(14)15/h7-8,10-11,17H,5-6,9H2,1-4H3. The molecule has 0 saturated heterocycles. The monoisotopic (exact) mass is 245 g/mol. The van der Waals surface area contributed by atoms with Gasteiger partial charge in [-0.1, -0.05) is 19.9 Å². The lowest BCUT2D eigenvalue weighted by Gasteiger charge is -2.07. The largest absolute Gasteiger partial charge is 0.464 e. The molecule has 0 unspecified atom stereocenters. The third kappa shape index (κ3) is 2.94. The number of rotatable bonds is 5. The molecular weight excluding hydrogens is 222 g/mol. The first-order valence-corrected chi connectivity index (χ1v) is 6.76. The van der Waals surface area contributed by atoms with E-state index in [0.717, 1.165) is 25.1 Å². The van der Waals surface area contributed by atoms with E-state index in [2.05, 4.69) is 45.1 Å². The van der Waals surface area contributed by atoms with Crippen LogP contribution in [0, 0.1) is 19.8 Å². The number of nitrogens with one attached hydrogen (secondary N) is 1. The topological polar surface area (TPSA) is 25.2 Å². The molecule has 0 aliphatic rings. The van der Waals surface area contributed by atoms with Crippen LogP contribution in [0.25, 0.3) is 11.0 Å². The van der Waals surface area contributed by atoms with Crippen molar-refractivity contribution in [3.05, 3.63) is 35.1 Å². The summed E-state index contributed by atoms with van der Waals surface area (Å²) in [5.74, 6) is 0.704. The van der Waals surface area contributed by atoms with Gasteiger partial charge in [-0.15, -0.1) is 0 Å². The molecular formula is C16H23NO. The first-order chi connectivity index (χ1) is 8.58. The third-order valence-corrected chi connectivity index (χ3v) is 3.22. The van der Waals surface area contributed by atoms with Gasteiger partial charge in [-0.2, -0.15) is 0 Å². The van der Waals surface area contributed by atoms with Crippen molar-refractivity contribution >= 4 is 11.0 Å². The van der Waals surface area contributed by atoms with Crippen LogP contribution in [0.1, 0.15) is 30.5 Å². The Labute approximate surface area is 109 Å². The van der Waals surface area contributed by atoms with Gasteiger partial charge in [0.05, 0.1) is 6.26 Å². The molecule has 0 atom stereocenters. The molecule has 0 radical (unpaired) electrons. The van der Waals surface area contributed by atoms with Gasteiger partial charge < -0.3 is 9.73 Å². The quantitative estimate of drug-likeness (QED) is 0.810. The smallest absolute Gasteiger partial charge is 0.134 e. The molecule has 0 aliphatic carbocycles. The lowest BCUT2D eigenvalue weighted by atomic mass is 10.0. The predicted octanol–water partition coefficient (Wildman–Crippen LogP) is 3.84. The molecule has 0 aliphatic heterocycles. The van der Waals surface area contributed by atoms with E-state index in [1.165, 1.54) is 22.1 Å². The molecule has 1 N–H and O–H groups in total. The Morgan fingerprint density at radius 1 is 1.22 bits per heavy atom. The van der Waals surface area contributed by atoms with Crippen LogP contribution in [0.4, 0.5) is 0 Å². The minimum atomic E-state index is 0.704. The Hall–Kier alpha value is -1.28. The van der Waals surface area contributed by atoms with Gasteiger partial charge in [0.2, 0.25) is 0 Å². The zero-order chi connectivity index (χ0) is 13.1. The number of benzene rings is 1. The molecule has 2 heteroatoms. The third-order valence-electron chi connectivity index (χ3n) is 3.22. The van der Waals surface area contributed by atoms with Crippen LogP contribution in [-0.2, 0) is 6.42 Å². The van der Waals surface area contributed by atoms with Crippen molar-refractivity contribution in [1.82, 2.24) is 5.32 Å². The number of furan rings is 1. The van der Waals surface area contributed by atoms with E-state index in [4.69, 9.17) is 4.42 Å². The highest BCUT2D eigenvalue weighted by Crippen LogP contribution is 2.26. The molecule has 0 saturated carbocycles. The van der Waals surface area contributed by atoms with Gasteiger partial charge in [-0.05, 0) is 62.0 Å². The van der Waals surface area contributed by atoms with Crippen LogP contribution in [0.3, 0.4) is 0 Å². The molecule has 2 nitrogen and oxygen atoms in total. The summed E-state index contributed by atoms with van der Waals surface area (Å²) in [6, 6.07) is 4.34. The van der Waals surface area contributed by atoms with E-state index in [0.29, 0.717) is 5.92 Å². The fourth-order valence-electron chi connectivity index (χ4n) is 2.42. The molecule has 0 amide bonds. The average molecular weight is 245 g/mol. The summed E-state index contributed by atoms with van der Waals surface area (Å²) in [5, 5.41) is 4.78. The summed E-state index contributed by atoms with van der Waals surface area (Å²) >= 11 is 0.